The first-order chi connectivity index (χ1) is 8.34. The van der Waals surface area contributed by atoms with Crippen LogP contribution in [0.25, 0.3) is 0 Å². The molecule has 94 valence electrons. The maximum atomic E-state index is 9.89. The lowest BCUT2D eigenvalue weighted by Gasteiger charge is -2.13. The highest BCUT2D eigenvalue weighted by Crippen LogP contribution is 2.18. The monoisotopic (exact) mass is 235 g/mol. The Morgan fingerprint density at radius 1 is 1.47 bits per heavy atom. The van der Waals surface area contributed by atoms with Crippen molar-refractivity contribution in [2.45, 2.75) is 50.7 Å². The normalized spacial score (nSPS) is 21.6. The molecule has 0 amide bonds. The topological polar surface area (TPSA) is 42.4 Å². The number of nitrogens with zero attached hydrogens (tertiary/aromatic N) is 1. The van der Waals surface area contributed by atoms with E-state index in [0.29, 0.717) is 6.10 Å². The van der Waals surface area contributed by atoms with Gasteiger partial charge in [-0.15, -0.1) is 0 Å². The summed E-state index contributed by atoms with van der Waals surface area (Å²) >= 11 is 0. The zero-order valence-electron chi connectivity index (χ0n) is 10.2. The summed E-state index contributed by atoms with van der Waals surface area (Å²) in [5.74, 6) is 0. The summed E-state index contributed by atoms with van der Waals surface area (Å²) in [6.07, 6.45) is 9.73. The van der Waals surface area contributed by atoms with E-state index in [-0.39, 0.29) is 6.10 Å². The number of aromatic nitrogens is 1. The van der Waals surface area contributed by atoms with Gasteiger partial charge in [-0.1, -0.05) is 6.07 Å². The van der Waals surface area contributed by atoms with Gasteiger partial charge in [0.25, 0.3) is 0 Å². The first-order valence-corrected chi connectivity index (χ1v) is 6.53. The van der Waals surface area contributed by atoms with Crippen LogP contribution in [-0.4, -0.2) is 28.9 Å². The summed E-state index contributed by atoms with van der Waals surface area (Å²) in [7, 11) is 0. The van der Waals surface area contributed by atoms with Crippen molar-refractivity contribution in [3.63, 3.8) is 0 Å². The number of aliphatic hydroxyl groups is 1. The molecule has 0 spiro atoms. The van der Waals surface area contributed by atoms with Crippen LogP contribution in [0.15, 0.2) is 24.5 Å². The Labute approximate surface area is 103 Å². The standard InChI is InChI=1S/C14H21NO2/c16-13(7-8-14-4-2-10-17-14)6-5-12-3-1-9-15-11-12/h1,3,9,11,13-14,16H,2,4-8,10H2. The molecule has 1 aliphatic rings. The molecule has 1 N–H and O–H groups in total. The van der Waals surface area contributed by atoms with Crippen LogP contribution in [0.3, 0.4) is 0 Å². The molecular weight excluding hydrogens is 214 g/mol. The highest BCUT2D eigenvalue weighted by Gasteiger charge is 2.16. The van der Waals surface area contributed by atoms with E-state index < -0.39 is 0 Å². The Hall–Kier alpha value is -0.930. The third-order valence-electron chi connectivity index (χ3n) is 3.33. The van der Waals surface area contributed by atoms with Crippen LogP contribution in [0.2, 0.25) is 0 Å². The van der Waals surface area contributed by atoms with E-state index in [2.05, 4.69) is 11.1 Å². The van der Waals surface area contributed by atoms with E-state index in [0.717, 1.165) is 38.7 Å². The lowest BCUT2D eigenvalue weighted by molar-refractivity contribution is 0.0791. The van der Waals surface area contributed by atoms with Gasteiger partial charge < -0.3 is 9.84 Å². The van der Waals surface area contributed by atoms with E-state index in [9.17, 15) is 5.11 Å². The van der Waals surface area contributed by atoms with Crippen molar-refractivity contribution < 1.29 is 9.84 Å². The van der Waals surface area contributed by atoms with Crippen molar-refractivity contribution >= 4 is 0 Å². The smallest absolute Gasteiger partial charge is 0.0577 e. The van der Waals surface area contributed by atoms with Crippen LogP contribution in [0.1, 0.15) is 37.7 Å². The molecule has 1 aliphatic heterocycles. The lowest BCUT2D eigenvalue weighted by Crippen LogP contribution is -2.13. The number of hydrogen-bond donors (Lipinski definition) is 1. The molecule has 2 atom stereocenters. The third kappa shape index (κ3) is 4.44. The zero-order chi connectivity index (χ0) is 11.9. The average molecular weight is 235 g/mol. The highest BCUT2D eigenvalue weighted by atomic mass is 16.5. The molecule has 0 radical (unpaired) electrons. The Bertz CT molecular complexity index is 309. The molecule has 0 bridgehead atoms. The fourth-order valence-electron chi connectivity index (χ4n) is 2.27. The Kier molecular flexibility index (Phi) is 4.95. The maximum absolute atomic E-state index is 9.89. The van der Waals surface area contributed by atoms with Gasteiger partial charge >= 0.3 is 0 Å². The number of rotatable bonds is 6. The van der Waals surface area contributed by atoms with Crippen molar-refractivity contribution in [3.8, 4) is 0 Å². The SMILES string of the molecule is OC(CCc1cccnc1)CCC1CCCO1. The van der Waals surface area contributed by atoms with Gasteiger partial charge in [-0.25, -0.2) is 0 Å². The van der Waals surface area contributed by atoms with E-state index in [4.69, 9.17) is 4.74 Å². The van der Waals surface area contributed by atoms with Crippen LogP contribution in [0, 0.1) is 0 Å². The minimum Gasteiger partial charge on any atom is -0.393 e. The minimum atomic E-state index is -0.209. The van der Waals surface area contributed by atoms with Gasteiger partial charge in [0.2, 0.25) is 0 Å². The first-order valence-electron chi connectivity index (χ1n) is 6.53. The fourth-order valence-corrected chi connectivity index (χ4v) is 2.27. The Morgan fingerprint density at radius 2 is 2.41 bits per heavy atom. The second kappa shape index (κ2) is 6.72. The number of aliphatic hydroxyl groups excluding tert-OH is 1. The molecule has 1 fully saturated rings. The van der Waals surface area contributed by atoms with Crippen molar-refractivity contribution in [3.05, 3.63) is 30.1 Å². The molecule has 17 heavy (non-hydrogen) atoms. The Balaban J connectivity index is 1.62. The van der Waals surface area contributed by atoms with E-state index in [1.54, 1.807) is 6.20 Å². The summed E-state index contributed by atoms with van der Waals surface area (Å²) in [6.45, 7) is 0.899. The number of ether oxygens (including phenoxy) is 1. The highest BCUT2D eigenvalue weighted by molar-refractivity contribution is 5.08. The summed E-state index contributed by atoms with van der Waals surface area (Å²) in [4.78, 5) is 4.07. The molecule has 0 aromatic carbocycles. The van der Waals surface area contributed by atoms with Gasteiger partial charge in [0.05, 0.1) is 12.2 Å². The predicted octanol–water partition coefficient (Wildman–Crippen LogP) is 2.33. The van der Waals surface area contributed by atoms with Gasteiger partial charge in [0.15, 0.2) is 0 Å². The van der Waals surface area contributed by atoms with E-state index in [1.807, 2.05) is 12.3 Å². The summed E-state index contributed by atoms with van der Waals surface area (Å²) in [6, 6.07) is 3.99. The molecular formula is C14H21NO2. The number of pyridine rings is 1. The summed E-state index contributed by atoms with van der Waals surface area (Å²) < 4.78 is 5.55. The van der Waals surface area contributed by atoms with Gasteiger partial charge in [-0.2, -0.15) is 0 Å². The second-order valence-corrected chi connectivity index (χ2v) is 4.77. The quantitative estimate of drug-likeness (QED) is 0.823. The zero-order valence-corrected chi connectivity index (χ0v) is 10.2. The van der Waals surface area contributed by atoms with Crippen LogP contribution in [0.4, 0.5) is 0 Å². The number of hydrogen-bond acceptors (Lipinski definition) is 3. The maximum Gasteiger partial charge on any atom is 0.0577 e. The van der Waals surface area contributed by atoms with Crippen molar-refractivity contribution in [1.29, 1.82) is 0 Å². The molecule has 2 heterocycles. The molecule has 0 aliphatic carbocycles. The summed E-state index contributed by atoms with van der Waals surface area (Å²) in [5, 5.41) is 9.89. The predicted molar refractivity (Wildman–Crippen MR) is 66.8 cm³/mol. The summed E-state index contributed by atoms with van der Waals surface area (Å²) in [5.41, 5.74) is 1.20. The van der Waals surface area contributed by atoms with Gasteiger partial charge in [-0.3, -0.25) is 4.98 Å². The van der Waals surface area contributed by atoms with Crippen molar-refractivity contribution in [2.75, 3.05) is 6.61 Å². The van der Waals surface area contributed by atoms with Crippen molar-refractivity contribution in [2.24, 2.45) is 0 Å². The third-order valence-corrected chi connectivity index (χ3v) is 3.33. The van der Waals surface area contributed by atoms with E-state index in [1.165, 1.54) is 12.0 Å². The molecule has 1 aromatic rings. The molecule has 0 saturated carbocycles. The molecule has 1 saturated heterocycles. The van der Waals surface area contributed by atoms with Gasteiger partial charge in [-0.05, 0) is 50.2 Å². The first kappa shape index (κ1) is 12.5. The molecule has 3 heteroatoms. The van der Waals surface area contributed by atoms with Gasteiger partial charge in [0, 0.05) is 19.0 Å². The van der Waals surface area contributed by atoms with Crippen LogP contribution in [0.5, 0.6) is 0 Å². The van der Waals surface area contributed by atoms with Crippen LogP contribution >= 0.6 is 0 Å². The largest absolute Gasteiger partial charge is 0.393 e. The van der Waals surface area contributed by atoms with Crippen molar-refractivity contribution in [1.82, 2.24) is 4.98 Å². The van der Waals surface area contributed by atoms with Crippen LogP contribution in [-0.2, 0) is 11.2 Å². The van der Waals surface area contributed by atoms with Crippen LogP contribution < -0.4 is 0 Å². The molecule has 2 rings (SSSR count). The second-order valence-electron chi connectivity index (χ2n) is 4.77. The average Bonchev–Trinajstić information content (AvgIpc) is 2.88. The van der Waals surface area contributed by atoms with E-state index >= 15 is 0 Å². The van der Waals surface area contributed by atoms with Gasteiger partial charge in [0.1, 0.15) is 0 Å². The molecule has 1 aromatic heterocycles. The molecule has 3 nitrogen and oxygen atoms in total. The molecule has 2 unspecified atom stereocenters. The number of aryl methyl sites for hydroxylation is 1. The lowest BCUT2D eigenvalue weighted by atomic mass is 10.0. The Morgan fingerprint density at radius 3 is 3.12 bits per heavy atom. The minimum absolute atomic E-state index is 0.209. The fraction of sp³-hybridized carbons (Fsp3) is 0.643.